The van der Waals surface area contributed by atoms with Gasteiger partial charge in [-0.25, -0.2) is 9.48 Å². The minimum absolute atomic E-state index is 0.0961. The Bertz CT molecular complexity index is 960. The van der Waals surface area contributed by atoms with Crippen molar-refractivity contribution in [3.63, 3.8) is 0 Å². The Labute approximate surface area is 170 Å². The highest BCUT2D eigenvalue weighted by atomic mass is 19.4. The molecule has 1 aliphatic heterocycles. The maximum absolute atomic E-state index is 14.0. The number of anilines is 1. The van der Waals surface area contributed by atoms with E-state index in [0.29, 0.717) is 0 Å². The van der Waals surface area contributed by atoms with Crippen LogP contribution in [0, 0.1) is 12.8 Å². The molecule has 8 nitrogen and oxygen atoms in total. The smallest absolute Gasteiger partial charge is 0.422 e. The molecule has 1 fully saturated rings. The van der Waals surface area contributed by atoms with Crippen molar-refractivity contribution in [2.75, 3.05) is 24.6 Å². The second kappa shape index (κ2) is 7.46. The fourth-order valence-electron chi connectivity index (χ4n) is 3.28. The third-order valence-electron chi connectivity index (χ3n) is 4.84. The molecule has 30 heavy (non-hydrogen) atoms. The van der Waals surface area contributed by atoms with E-state index in [-0.39, 0.29) is 48.4 Å². The molecule has 0 aliphatic carbocycles. The van der Waals surface area contributed by atoms with Crippen LogP contribution in [0.1, 0.15) is 42.4 Å². The molecule has 2 N–H and O–H groups in total. The number of pyridine rings is 1. The van der Waals surface area contributed by atoms with Crippen LogP contribution < -0.4 is 9.64 Å². The van der Waals surface area contributed by atoms with Gasteiger partial charge in [0.05, 0.1) is 23.6 Å². The number of aliphatic hydroxyl groups is 1. The number of hydrogen-bond acceptors (Lipinski definition) is 6. The summed E-state index contributed by atoms with van der Waals surface area (Å²) in [6, 6.07) is 0. The van der Waals surface area contributed by atoms with Crippen LogP contribution in [0.2, 0.25) is 0 Å². The SMILES string of the molecule is Cc1c(C(=O)O)nn(C(C)(C)C)c1Oc1cncc(N2CC(CO)C2)c1C(F)(F)F. The molecule has 11 heteroatoms. The van der Waals surface area contributed by atoms with E-state index in [4.69, 9.17) is 9.84 Å². The summed E-state index contributed by atoms with van der Waals surface area (Å²) in [4.78, 5) is 16.9. The maximum Gasteiger partial charge on any atom is 0.422 e. The van der Waals surface area contributed by atoms with Gasteiger partial charge in [0.1, 0.15) is 5.56 Å². The van der Waals surface area contributed by atoms with Crippen LogP contribution in [0.4, 0.5) is 18.9 Å². The number of halogens is 3. The lowest BCUT2D eigenvalue weighted by atomic mass is 9.99. The maximum atomic E-state index is 14.0. The quantitative estimate of drug-likeness (QED) is 0.754. The first-order chi connectivity index (χ1) is 13.8. The highest BCUT2D eigenvalue weighted by molar-refractivity contribution is 5.87. The Kier molecular flexibility index (Phi) is 5.44. The van der Waals surface area contributed by atoms with Gasteiger partial charge in [-0.1, -0.05) is 0 Å². The van der Waals surface area contributed by atoms with Crippen LogP contribution >= 0.6 is 0 Å². The van der Waals surface area contributed by atoms with Gasteiger partial charge >= 0.3 is 12.1 Å². The second-order valence-corrected chi connectivity index (χ2v) is 8.25. The zero-order valence-electron chi connectivity index (χ0n) is 17.0. The Morgan fingerprint density at radius 1 is 1.27 bits per heavy atom. The van der Waals surface area contributed by atoms with Crippen molar-refractivity contribution in [2.24, 2.45) is 5.92 Å². The summed E-state index contributed by atoms with van der Waals surface area (Å²) in [7, 11) is 0. The first kappa shape index (κ1) is 21.9. The Morgan fingerprint density at radius 3 is 2.40 bits per heavy atom. The molecule has 0 aromatic carbocycles. The van der Waals surface area contributed by atoms with E-state index in [2.05, 4.69) is 10.1 Å². The molecule has 2 aromatic rings. The number of aromatic nitrogens is 3. The molecule has 0 atom stereocenters. The molecular formula is C19H23F3N4O4. The lowest BCUT2D eigenvalue weighted by Crippen LogP contribution is -2.49. The summed E-state index contributed by atoms with van der Waals surface area (Å²) >= 11 is 0. The fourth-order valence-corrected chi connectivity index (χ4v) is 3.28. The molecule has 0 radical (unpaired) electrons. The van der Waals surface area contributed by atoms with Crippen molar-refractivity contribution in [1.29, 1.82) is 0 Å². The van der Waals surface area contributed by atoms with E-state index in [9.17, 15) is 23.1 Å². The number of rotatable bonds is 5. The number of carboxylic acids is 1. The monoisotopic (exact) mass is 428 g/mol. The average Bonchev–Trinajstić information content (AvgIpc) is 2.90. The number of aliphatic hydroxyl groups excluding tert-OH is 1. The number of alkyl halides is 3. The van der Waals surface area contributed by atoms with E-state index in [1.54, 1.807) is 20.8 Å². The summed E-state index contributed by atoms with van der Waals surface area (Å²) in [5.41, 5.74) is -2.09. The van der Waals surface area contributed by atoms with Crippen LogP contribution in [-0.4, -0.2) is 50.6 Å². The Hall–Kier alpha value is -2.82. The third-order valence-corrected chi connectivity index (χ3v) is 4.84. The first-order valence-electron chi connectivity index (χ1n) is 9.26. The molecule has 0 saturated carbocycles. The average molecular weight is 428 g/mol. The van der Waals surface area contributed by atoms with Gasteiger partial charge in [0, 0.05) is 31.2 Å². The van der Waals surface area contributed by atoms with E-state index in [1.165, 1.54) is 16.5 Å². The summed E-state index contributed by atoms with van der Waals surface area (Å²) in [6.45, 7) is 7.05. The summed E-state index contributed by atoms with van der Waals surface area (Å²) in [6.07, 6.45) is -2.68. The first-order valence-corrected chi connectivity index (χ1v) is 9.26. The molecule has 0 bridgehead atoms. The second-order valence-electron chi connectivity index (χ2n) is 8.25. The molecule has 1 aliphatic rings. The number of aromatic carboxylic acids is 1. The highest BCUT2D eigenvalue weighted by Crippen LogP contribution is 2.45. The van der Waals surface area contributed by atoms with Gasteiger partial charge in [0.2, 0.25) is 5.88 Å². The van der Waals surface area contributed by atoms with Crippen molar-refractivity contribution in [3.05, 3.63) is 29.2 Å². The molecule has 1 saturated heterocycles. The van der Waals surface area contributed by atoms with Crippen LogP contribution in [0.25, 0.3) is 0 Å². The predicted octanol–water partition coefficient (Wildman–Crippen LogP) is 3.28. The van der Waals surface area contributed by atoms with Crippen molar-refractivity contribution >= 4 is 11.7 Å². The summed E-state index contributed by atoms with van der Waals surface area (Å²) < 4.78 is 48.8. The van der Waals surface area contributed by atoms with Gasteiger partial charge in [0.15, 0.2) is 11.4 Å². The highest BCUT2D eigenvalue weighted by Gasteiger charge is 2.42. The summed E-state index contributed by atoms with van der Waals surface area (Å²) in [5.74, 6) is -2.05. The van der Waals surface area contributed by atoms with Gasteiger partial charge in [-0.2, -0.15) is 18.3 Å². The van der Waals surface area contributed by atoms with Gasteiger partial charge in [0.25, 0.3) is 0 Å². The topological polar surface area (TPSA) is 101 Å². The molecular weight excluding hydrogens is 405 g/mol. The van der Waals surface area contributed by atoms with Crippen LogP contribution in [0.3, 0.4) is 0 Å². The van der Waals surface area contributed by atoms with E-state index < -0.39 is 29.0 Å². The zero-order valence-corrected chi connectivity index (χ0v) is 17.0. The minimum Gasteiger partial charge on any atom is -0.476 e. The molecule has 3 rings (SSSR count). The number of carboxylic acid groups (broad SMARTS) is 1. The van der Waals surface area contributed by atoms with Gasteiger partial charge in [-0.15, -0.1) is 0 Å². The van der Waals surface area contributed by atoms with E-state index in [0.717, 1.165) is 12.4 Å². The largest absolute Gasteiger partial charge is 0.476 e. The van der Waals surface area contributed by atoms with Crippen molar-refractivity contribution in [1.82, 2.24) is 14.8 Å². The number of ether oxygens (including phenoxy) is 1. The molecule has 0 amide bonds. The van der Waals surface area contributed by atoms with Crippen molar-refractivity contribution in [2.45, 2.75) is 39.4 Å². The van der Waals surface area contributed by atoms with Crippen LogP contribution in [0.5, 0.6) is 11.6 Å². The van der Waals surface area contributed by atoms with Crippen molar-refractivity contribution in [3.8, 4) is 11.6 Å². The molecule has 164 valence electrons. The molecule has 0 unspecified atom stereocenters. The normalized spacial score (nSPS) is 15.3. The molecule has 3 heterocycles. The Morgan fingerprint density at radius 2 is 1.90 bits per heavy atom. The lowest BCUT2D eigenvalue weighted by molar-refractivity contribution is -0.138. The predicted molar refractivity (Wildman–Crippen MR) is 101 cm³/mol. The molecule has 0 spiro atoms. The lowest BCUT2D eigenvalue weighted by Gasteiger charge is -2.41. The Balaban J connectivity index is 2.11. The van der Waals surface area contributed by atoms with Gasteiger partial charge < -0.3 is 19.8 Å². The van der Waals surface area contributed by atoms with Crippen LogP contribution in [-0.2, 0) is 11.7 Å². The standard InChI is InChI=1S/C19H23F3N4O4/c1-10-15(17(28)29)24-26(18(2,3)4)16(10)30-13-6-23-5-12(14(13)19(20,21)22)25-7-11(8-25)9-27/h5-6,11,27H,7-9H2,1-4H3,(H,28,29). The number of hydrogen-bond donors (Lipinski definition) is 2. The van der Waals surface area contributed by atoms with Crippen LogP contribution in [0.15, 0.2) is 12.4 Å². The van der Waals surface area contributed by atoms with E-state index in [1.807, 2.05) is 0 Å². The van der Waals surface area contributed by atoms with Gasteiger partial charge in [-0.3, -0.25) is 4.98 Å². The number of nitrogens with zero attached hydrogens (tertiary/aromatic N) is 4. The minimum atomic E-state index is -4.74. The summed E-state index contributed by atoms with van der Waals surface area (Å²) in [5, 5.41) is 22.6. The van der Waals surface area contributed by atoms with Gasteiger partial charge in [-0.05, 0) is 27.7 Å². The fraction of sp³-hybridized carbons (Fsp3) is 0.526. The zero-order chi connectivity index (χ0) is 22.4. The van der Waals surface area contributed by atoms with Crippen molar-refractivity contribution < 1.29 is 32.9 Å². The number of carbonyl (C=O) groups is 1. The van der Waals surface area contributed by atoms with E-state index >= 15 is 0 Å². The molecule has 2 aromatic heterocycles. The third kappa shape index (κ3) is 3.93.